The highest BCUT2D eigenvalue weighted by atomic mass is 35.5. The summed E-state index contributed by atoms with van der Waals surface area (Å²) < 4.78 is 0. The molecule has 0 saturated heterocycles. The van der Waals surface area contributed by atoms with Crippen molar-refractivity contribution < 1.29 is 0 Å². The lowest BCUT2D eigenvalue weighted by Gasteiger charge is -2.14. The molecule has 0 amide bonds. The fourth-order valence-electron chi connectivity index (χ4n) is 2.22. The van der Waals surface area contributed by atoms with Gasteiger partial charge in [0.15, 0.2) is 5.82 Å². The Balaban J connectivity index is 2.40. The van der Waals surface area contributed by atoms with Gasteiger partial charge in [0, 0.05) is 22.0 Å². The Morgan fingerprint density at radius 1 is 1.20 bits per heavy atom. The van der Waals surface area contributed by atoms with E-state index in [1.54, 1.807) is 0 Å². The minimum absolute atomic E-state index is 0.438. The summed E-state index contributed by atoms with van der Waals surface area (Å²) in [4.78, 5) is 9.24. The smallest absolute Gasteiger partial charge is 0.159 e. The summed E-state index contributed by atoms with van der Waals surface area (Å²) in [5.41, 5.74) is 9.89. The third-order valence-corrected chi connectivity index (χ3v) is 3.69. The molecular weight excluding hydrogens is 270 g/mol. The van der Waals surface area contributed by atoms with Gasteiger partial charge in [0.1, 0.15) is 0 Å². The van der Waals surface area contributed by atoms with Crippen molar-refractivity contribution in [1.29, 1.82) is 0 Å². The number of halogens is 1. The van der Waals surface area contributed by atoms with Gasteiger partial charge in [-0.3, -0.25) is 0 Å². The first-order valence-electron chi connectivity index (χ1n) is 6.81. The van der Waals surface area contributed by atoms with E-state index in [0.717, 1.165) is 29.2 Å². The molecule has 0 radical (unpaired) electrons. The summed E-state index contributed by atoms with van der Waals surface area (Å²) in [5, 5.41) is 0.697. The standard InChI is InChI=1S/C16H20ClN3/c1-10(9-18)7-15-11(2)19-16(20-12(15)3)13-5-4-6-14(17)8-13/h4-6,8,10H,7,9,18H2,1-3H3. The summed E-state index contributed by atoms with van der Waals surface area (Å²) in [6.07, 6.45) is 0.921. The fourth-order valence-corrected chi connectivity index (χ4v) is 2.41. The summed E-state index contributed by atoms with van der Waals surface area (Å²) in [5.74, 6) is 1.17. The van der Waals surface area contributed by atoms with Gasteiger partial charge in [-0.05, 0) is 50.4 Å². The zero-order chi connectivity index (χ0) is 14.7. The SMILES string of the molecule is Cc1nc(-c2cccc(Cl)c2)nc(C)c1CC(C)CN. The highest BCUT2D eigenvalue weighted by Crippen LogP contribution is 2.23. The monoisotopic (exact) mass is 289 g/mol. The van der Waals surface area contributed by atoms with E-state index < -0.39 is 0 Å². The van der Waals surface area contributed by atoms with E-state index in [-0.39, 0.29) is 0 Å². The second-order valence-electron chi connectivity index (χ2n) is 5.25. The van der Waals surface area contributed by atoms with E-state index in [1.165, 1.54) is 5.56 Å². The Morgan fingerprint density at radius 2 is 1.85 bits per heavy atom. The summed E-state index contributed by atoms with van der Waals surface area (Å²) in [6.45, 7) is 6.88. The molecule has 1 heterocycles. The maximum Gasteiger partial charge on any atom is 0.159 e. The summed E-state index contributed by atoms with van der Waals surface area (Å²) >= 11 is 6.02. The lowest BCUT2D eigenvalue weighted by atomic mass is 9.99. The Bertz CT molecular complexity index is 587. The molecule has 1 aromatic heterocycles. The molecule has 0 fully saturated rings. The molecule has 0 spiro atoms. The lowest BCUT2D eigenvalue weighted by Crippen LogP contribution is -2.15. The first-order chi connectivity index (χ1) is 9.51. The van der Waals surface area contributed by atoms with E-state index in [9.17, 15) is 0 Å². The molecule has 2 aromatic rings. The second-order valence-corrected chi connectivity index (χ2v) is 5.69. The zero-order valence-electron chi connectivity index (χ0n) is 12.2. The number of rotatable bonds is 4. The van der Waals surface area contributed by atoms with Gasteiger partial charge >= 0.3 is 0 Å². The average molecular weight is 290 g/mol. The van der Waals surface area contributed by atoms with Gasteiger partial charge in [-0.2, -0.15) is 0 Å². The van der Waals surface area contributed by atoms with Gasteiger partial charge in [-0.25, -0.2) is 9.97 Å². The first-order valence-corrected chi connectivity index (χ1v) is 7.19. The molecule has 0 aliphatic heterocycles. The van der Waals surface area contributed by atoms with E-state index in [1.807, 2.05) is 38.1 Å². The Kier molecular flexibility index (Phi) is 4.73. The maximum absolute atomic E-state index is 6.02. The summed E-state index contributed by atoms with van der Waals surface area (Å²) in [6, 6.07) is 7.62. The molecule has 0 aliphatic rings. The minimum Gasteiger partial charge on any atom is -0.330 e. The molecule has 4 heteroatoms. The Labute approximate surface area is 125 Å². The third-order valence-electron chi connectivity index (χ3n) is 3.46. The number of nitrogens with zero attached hydrogens (tertiary/aromatic N) is 2. The number of hydrogen-bond acceptors (Lipinski definition) is 3. The first kappa shape index (κ1) is 14.9. The van der Waals surface area contributed by atoms with Gasteiger partial charge < -0.3 is 5.73 Å². The van der Waals surface area contributed by atoms with Crippen LogP contribution in [0.25, 0.3) is 11.4 Å². The lowest BCUT2D eigenvalue weighted by molar-refractivity contribution is 0.586. The molecule has 106 valence electrons. The van der Waals surface area contributed by atoms with Crippen LogP contribution in [0.4, 0.5) is 0 Å². The van der Waals surface area contributed by atoms with Crippen molar-refractivity contribution in [3.63, 3.8) is 0 Å². The molecule has 0 aliphatic carbocycles. The van der Waals surface area contributed by atoms with Crippen LogP contribution in [0.3, 0.4) is 0 Å². The zero-order valence-corrected chi connectivity index (χ0v) is 12.9. The van der Waals surface area contributed by atoms with E-state index in [2.05, 4.69) is 16.9 Å². The Hall–Kier alpha value is -1.45. The Morgan fingerprint density at radius 3 is 2.40 bits per heavy atom. The molecule has 20 heavy (non-hydrogen) atoms. The molecule has 0 saturated carbocycles. The van der Waals surface area contributed by atoms with Crippen LogP contribution < -0.4 is 5.73 Å². The van der Waals surface area contributed by atoms with Crippen LogP contribution in [0, 0.1) is 19.8 Å². The number of aryl methyl sites for hydroxylation is 2. The topological polar surface area (TPSA) is 51.8 Å². The normalized spacial score (nSPS) is 12.4. The number of hydrogen-bond donors (Lipinski definition) is 1. The van der Waals surface area contributed by atoms with Crippen molar-refractivity contribution >= 4 is 11.6 Å². The van der Waals surface area contributed by atoms with Gasteiger partial charge in [0.25, 0.3) is 0 Å². The molecule has 1 aromatic carbocycles. The van der Waals surface area contributed by atoms with Crippen molar-refractivity contribution in [2.75, 3.05) is 6.54 Å². The molecule has 2 N–H and O–H groups in total. The van der Waals surface area contributed by atoms with Crippen LogP contribution in [-0.2, 0) is 6.42 Å². The molecule has 1 unspecified atom stereocenters. The molecular formula is C16H20ClN3. The van der Waals surface area contributed by atoms with Crippen molar-refractivity contribution in [2.24, 2.45) is 11.7 Å². The second kappa shape index (κ2) is 6.33. The van der Waals surface area contributed by atoms with Crippen molar-refractivity contribution in [1.82, 2.24) is 9.97 Å². The van der Waals surface area contributed by atoms with E-state index in [0.29, 0.717) is 17.5 Å². The van der Waals surface area contributed by atoms with Crippen molar-refractivity contribution in [2.45, 2.75) is 27.2 Å². The van der Waals surface area contributed by atoms with Gasteiger partial charge in [0.05, 0.1) is 0 Å². The average Bonchev–Trinajstić information content (AvgIpc) is 2.42. The van der Waals surface area contributed by atoms with Crippen molar-refractivity contribution in [3.8, 4) is 11.4 Å². The largest absolute Gasteiger partial charge is 0.330 e. The van der Waals surface area contributed by atoms with E-state index >= 15 is 0 Å². The van der Waals surface area contributed by atoms with Crippen LogP contribution in [0.15, 0.2) is 24.3 Å². The third kappa shape index (κ3) is 3.35. The fraction of sp³-hybridized carbons (Fsp3) is 0.375. The number of nitrogens with two attached hydrogens (primary N) is 1. The van der Waals surface area contributed by atoms with Crippen molar-refractivity contribution in [3.05, 3.63) is 46.2 Å². The van der Waals surface area contributed by atoms with E-state index in [4.69, 9.17) is 17.3 Å². The minimum atomic E-state index is 0.438. The van der Waals surface area contributed by atoms with Crippen LogP contribution in [0.1, 0.15) is 23.9 Å². The van der Waals surface area contributed by atoms with Crippen LogP contribution in [-0.4, -0.2) is 16.5 Å². The number of benzene rings is 1. The highest BCUT2D eigenvalue weighted by molar-refractivity contribution is 6.30. The van der Waals surface area contributed by atoms with Crippen LogP contribution in [0.2, 0.25) is 5.02 Å². The predicted molar refractivity (Wildman–Crippen MR) is 83.9 cm³/mol. The molecule has 3 nitrogen and oxygen atoms in total. The molecule has 2 rings (SSSR count). The highest BCUT2D eigenvalue weighted by Gasteiger charge is 2.12. The van der Waals surface area contributed by atoms with Crippen LogP contribution >= 0.6 is 11.6 Å². The van der Waals surface area contributed by atoms with Gasteiger partial charge in [-0.1, -0.05) is 30.7 Å². The molecule has 0 bridgehead atoms. The van der Waals surface area contributed by atoms with Crippen LogP contribution in [0.5, 0.6) is 0 Å². The molecule has 1 atom stereocenters. The van der Waals surface area contributed by atoms with Gasteiger partial charge in [-0.15, -0.1) is 0 Å². The quantitative estimate of drug-likeness (QED) is 0.936. The maximum atomic E-state index is 6.02. The van der Waals surface area contributed by atoms with Gasteiger partial charge in [0.2, 0.25) is 0 Å². The number of aromatic nitrogens is 2. The predicted octanol–water partition coefficient (Wildman–Crippen LogP) is 3.55. The summed E-state index contributed by atoms with van der Waals surface area (Å²) in [7, 11) is 0.